The number of aromatic nitrogens is 4. The molecule has 0 unspecified atom stereocenters. The lowest BCUT2D eigenvalue weighted by Crippen LogP contribution is -2.26. The number of H-pyrrole nitrogens is 2. The first-order valence-corrected chi connectivity index (χ1v) is 12.8. The number of halogens is 1. The van der Waals surface area contributed by atoms with E-state index < -0.39 is 0 Å². The Kier molecular flexibility index (Phi) is 6.98. The minimum absolute atomic E-state index is 0.0646. The lowest BCUT2D eigenvalue weighted by atomic mass is 10.0. The SMILES string of the molecule is C=C/C(=C\C(=C/C)c1ccc2[nH]nc(-c3cc4c(-c5cc(C)cc(F)c5)cncc4[nH]3)c2c1)NC(=O)C(C)C. The van der Waals surface area contributed by atoms with Crippen LogP contribution in [0.15, 0.2) is 85.4 Å². The van der Waals surface area contributed by atoms with Gasteiger partial charge in [-0.15, -0.1) is 0 Å². The van der Waals surface area contributed by atoms with Crippen LogP contribution in [-0.2, 0) is 4.79 Å². The Morgan fingerprint density at radius 1 is 1.08 bits per heavy atom. The number of nitrogens with one attached hydrogen (secondary N) is 3. The number of nitrogens with zero attached hydrogens (tertiary/aromatic N) is 2. The van der Waals surface area contributed by atoms with Crippen LogP contribution in [0.3, 0.4) is 0 Å². The summed E-state index contributed by atoms with van der Waals surface area (Å²) in [7, 11) is 0. The van der Waals surface area contributed by atoms with Gasteiger partial charge in [-0.25, -0.2) is 4.39 Å². The Morgan fingerprint density at radius 3 is 2.62 bits per heavy atom. The number of hydrogen-bond donors (Lipinski definition) is 3. The third-order valence-corrected chi connectivity index (χ3v) is 6.68. The van der Waals surface area contributed by atoms with Crippen LogP contribution >= 0.6 is 0 Å². The zero-order valence-corrected chi connectivity index (χ0v) is 22.4. The third-order valence-electron chi connectivity index (χ3n) is 6.68. The predicted octanol–water partition coefficient (Wildman–Crippen LogP) is 7.47. The van der Waals surface area contributed by atoms with Crippen molar-refractivity contribution >= 4 is 33.3 Å². The number of allylic oxidation sites excluding steroid dienone is 4. The maximum atomic E-state index is 14.2. The molecule has 196 valence electrons. The van der Waals surface area contributed by atoms with Crippen molar-refractivity contribution in [1.29, 1.82) is 0 Å². The monoisotopic (exact) mass is 519 g/mol. The zero-order valence-electron chi connectivity index (χ0n) is 22.4. The van der Waals surface area contributed by atoms with Gasteiger partial charge in [0.2, 0.25) is 5.91 Å². The summed E-state index contributed by atoms with van der Waals surface area (Å²) in [5.74, 6) is -0.477. The van der Waals surface area contributed by atoms with Crippen LogP contribution < -0.4 is 5.32 Å². The molecule has 5 rings (SSSR count). The van der Waals surface area contributed by atoms with Gasteiger partial charge in [0.1, 0.15) is 11.5 Å². The van der Waals surface area contributed by atoms with Crippen LogP contribution in [0, 0.1) is 18.7 Å². The van der Waals surface area contributed by atoms with Crippen molar-refractivity contribution in [2.75, 3.05) is 0 Å². The largest absolute Gasteiger partial charge is 0.352 e. The number of aromatic amines is 2. The number of hydrogen-bond acceptors (Lipinski definition) is 3. The van der Waals surface area contributed by atoms with E-state index in [-0.39, 0.29) is 17.6 Å². The molecule has 2 aromatic carbocycles. The maximum absolute atomic E-state index is 14.2. The molecular formula is C32H30FN5O. The highest BCUT2D eigenvalue weighted by Gasteiger charge is 2.16. The van der Waals surface area contributed by atoms with E-state index in [0.717, 1.165) is 61.0 Å². The van der Waals surface area contributed by atoms with Gasteiger partial charge < -0.3 is 10.3 Å². The number of amides is 1. The molecule has 0 radical (unpaired) electrons. The first kappa shape index (κ1) is 25.9. The molecule has 3 N–H and O–H groups in total. The van der Waals surface area contributed by atoms with Crippen molar-refractivity contribution in [1.82, 2.24) is 25.5 Å². The fourth-order valence-corrected chi connectivity index (χ4v) is 4.63. The van der Waals surface area contributed by atoms with E-state index in [1.54, 1.807) is 18.5 Å². The lowest BCUT2D eigenvalue weighted by Gasteiger charge is -2.10. The molecule has 0 fully saturated rings. The normalized spacial score (nSPS) is 12.5. The van der Waals surface area contributed by atoms with Gasteiger partial charge in [0.05, 0.1) is 22.9 Å². The minimum Gasteiger partial charge on any atom is -0.352 e. The molecule has 5 aromatic rings. The summed E-state index contributed by atoms with van der Waals surface area (Å²) in [6.07, 6.45) is 9.07. The van der Waals surface area contributed by atoms with Gasteiger partial charge in [-0.2, -0.15) is 5.10 Å². The lowest BCUT2D eigenvalue weighted by molar-refractivity contribution is -0.123. The molecule has 6 nitrogen and oxygen atoms in total. The van der Waals surface area contributed by atoms with Gasteiger partial charge in [0, 0.05) is 34.1 Å². The highest BCUT2D eigenvalue weighted by molar-refractivity contribution is 6.01. The fraction of sp³-hybridized carbons (Fsp3) is 0.156. The molecule has 0 aliphatic heterocycles. The molecule has 0 saturated carbocycles. The van der Waals surface area contributed by atoms with Crippen molar-refractivity contribution in [3.63, 3.8) is 0 Å². The summed E-state index contributed by atoms with van der Waals surface area (Å²) in [6, 6.07) is 13.1. The molecule has 0 spiro atoms. The number of carbonyl (C=O) groups excluding carboxylic acids is 1. The molecular weight excluding hydrogens is 489 g/mol. The van der Waals surface area contributed by atoms with E-state index in [9.17, 15) is 9.18 Å². The summed E-state index contributed by atoms with van der Waals surface area (Å²) in [6.45, 7) is 11.4. The standard InChI is InChI=1S/C32H30FN5O/c1-6-20(13-24(7-2)35-32(39)18(3)4)21-8-9-28-26(14-21)31(38-37-28)29-15-25-27(16-34-17-30(25)36-29)22-10-19(5)11-23(33)12-22/h6-18,36H,2H2,1,3-5H3,(H,35,39)(H,37,38)/b20-6+,24-13+. The summed E-state index contributed by atoms with van der Waals surface area (Å²) in [4.78, 5) is 20.1. The zero-order chi connectivity index (χ0) is 27.7. The van der Waals surface area contributed by atoms with Crippen LogP contribution in [0.25, 0.3) is 49.9 Å². The van der Waals surface area contributed by atoms with Crippen LogP contribution in [0.5, 0.6) is 0 Å². The van der Waals surface area contributed by atoms with Gasteiger partial charge in [-0.3, -0.25) is 14.9 Å². The molecule has 39 heavy (non-hydrogen) atoms. The number of carbonyl (C=O) groups is 1. The highest BCUT2D eigenvalue weighted by Crippen LogP contribution is 2.35. The second-order valence-corrected chi connectivity index (χ2v) is 9.87. The number of benzene rings is 2. The predicted molar refractivity (Wildman–Crippen MR) is 156 cm³/mol. The summed E-state index contributed by atoms with van der Waals surface area (Å²) >= 11 is 0. The molecule has 7 heteroatoms. The highest BCUT2D eigenvalue weighted by atomic mass is 19.1. The van der Waals surface area contributed by atoms with Gasteiger partial charge in [-0.05, 0) is 78.6 Å². The van der Waals surface area contributed by atoms with E-state index in [1.807, 2.05) is 64.1 Å². The Balaban J connectivity index is 1.57. The number of rotatable bonds is 7. The Bertz CT molecular complexity index is 1770. The Morgan fingerprint density at radius 2 is 1.90 bits per heavy atom. The van der Waals surface area contributed by atoms with Gasteiger partial charge >= 0.3 is 0 Å². The average molecular weight is 520 g/mol. The molecule has 3 heterocycles. The van der Waals surface area contributed by atoms with Crippen LogP contribution in [0.4, 0.5) is 4.39 Å². The van der Waals surface area contributed by atoms with Crippen LogP contribution in [-0.4, -0.2) is 26.1 Å². The molecule has 0 atom stereocenters. The van der Waals surface area contributed by atoms with Crippen molar-refractivity contribution in [3.05, 3.63) is 102 Å². The fourth-order valence-electron chi connectivity index (χ4n) is 4.63. The maximum Gasteiger partial charge on any atom is 0.226 e. The van der Waals surface area contributed by atoms with E-state index in [2.05, 4.69) is 38.1 Å². The van der Waals surface area contributed by atoms with Gasteiger partial charge in [0.25, 0.3) is 0 Å². The summed E-state index contributed by atoms with van der Waals surface area (Å²) in [5, 5.41) is 12.5. The molecule has 0 aliphatic carbocycles. The van der Waals surface area contributed by atoms with Crippen molar-refractivity contribution in [2.45, 2.75) is 27.7 Å². The van der Waals surface area contributed by atoms with Gasteiger partial charge in [0.15, 0.2) is 0 Å². The number of pyridine rings is 1. The molecule has 3 aromatic heterocycles. The molecule has 0 aliphatic rings. The van der Waals surface area contributed by atoms with Crippen molar-refractivity contribution in [2.24, 2.45) is 5.92 Å². The molecule has 0 bridgehead atoms. The number of aryl methyl sites for hydroxylation is 1. The summed E-state index contributed by atoms with van der Waals surface area (Å²) < 4.78 is 14.2. The van der Waals surface area contributed by atoms with Crippen molar-refractivity contribution in [3.8, 4) is 22.5 Å². The average Bonchev–Trinajstić information content (AvgIpc) is 3.53. The molecule has 1 amide bonds. The van der Waals surface area contributed by atoms with Crippen LogP contribution in [0.2, 0.25) is 0 Å². The van der Waals surface area contributed by atoms with E-state index >= 15 is 0 Å². The number of fused-ring (bicyclic) bond motifs is 2. The summed E-state index contributed by atoms with van der Waals surface area (Å²) in [5.41, 5.74) is 8.33. The van der Waals surface area contributed by atoms with Crippen molar-refractivity contribution < 1.29 is 9.18 Å². The second-order valence-electron chi connectivity index (χ2n) is 9.87. The topological polar surface area (TPSA) is 86.5 Å². The Labute approximate surface area is 226 Å². The minimum atomic E-state index is -0.277. The van der Waals surface area contributed by atoms with E-state index in [1.165, 1.54) is 12.1 Å². The quantitative estimate of drug-likeness (QED) is 0.195. The van der Waals surface area contributed by atoms with Crippen LogP contribution in [0.1, 0.15) is 31.9 Å². The van der Waals surface area contributed by atoms with Gasteiger partial charge in [-0.1, -0.05) is 38.6 Å². The van der Waals surface area contributed by atoms with E-state index in [4.69, 9.17) is 0 Å². The Hall–Kier alpha value is -4.78. The smallest absolute Gasteiger partial charge is 0.226 e. The van der Waals surface area contributed by atoms with E-state index in [0.29, 0.717) is 5.70 Å². The first-order valence-electron chi connectivity index (χ1n) is 12.8. The molecule has 0 saturated heterocycles. The second kappa shape index (κ2) is 10.5. The third kappa shape index (κ3) is 5.16. The first-order chi connectivity index (χ1) is 18.8.